The van der Waals surface area contributed by atoms with Crippen molar-refractivity contribution >= 4 is 35.8 Å². The van der Waals surface area contributed by atoms with E-state index in [0.29, 0.717) is 24.6 Å². The van der Waals surface area contributed by atoms with E-state index in [1.54, 1.807) is 12.1 Å². The molecule has 0 N–H and O–H groups in total. The number of hydrogen-bond donors (Lipinski definition) is 0. The zero-order valence-electron chi connectivity index (χ0n) is 23.9. The Morgan fingerprint density at radius 2 is 1.73 bits per heavy atom. The molecule has 0 saturated carbocycles. The minimum absolute atomic E-state index is 0.105. The first-order chi connectivity index (χ1) is 19.5. The normalized spacial score (nSPS) is 15.4. The van der Waals surface area contributed by atoms with Crippen molar-refractivity contribution < 1.29 is 28.3 Å². The molecule has 3 aromatic rings. The summed E-state index contributed by atoms with van der Waals surface area (Å²) in [5.74, 6) is 0.0293. The molecule has 9 nitrogen and oxygen atoms in total. The van der Waals surface area contributed by atoms with Gasteiger partial charge in [0.05, 0.1) is 44.5 Å². The highest BCUT2D eigenvalue weighted by molar-refractivity contribution is 6.62. The number of benzene rings is 2. The molecule has 1 aromatic heterocycles. The minimum atomic E-state index is -0.533. The number of esters is 1. The zero-order valence-corrected chi connectivity index (χ0v) is 24.7. The monoisotopic (exact) mass is 577 g/mol. The summed E-state index contributed by atoms with van der Waals surface area (Å²) in [7, 11) is 0.837. The number of carbonyl (C=O) groups excluding carboxylic acids is 1. The topological polar surface area (TPSA) is 93.4 Å². The fraction of sp³-hybridized carbons (Fsp3) is 0.400. The number of ether oxygens (including phenoxy) is 3. The molecule has 1 aliphatic heterocycles. The number of hydrogen-bond acceptors (Lipinski definition) is 8. The van der Waals surface area contributed by atoms with Gasteiger partial charge in [0.25, 0.3) is 0 Å². The number of halogens is 1. The Hall–Kier alpha value is -3.49. The van der Waals surface area contributed by atoms with E-state index in [-0.39, 0.29) is 30.9 Å². The summed E-state index contributed by atoms with van der Waals surface area (Å²) in [5, 5.41) is 0.105. The van der Waals surface area contributed by atoms with Crippen LogP contribution in [0.4, 0.5) is 5.69 Å². The minimum Gasteiger partial charge on any atom is -0.473 e. The largest absolute Gasteiger partial charge is 0.494 e. The zero-order chi connectivity index (χ0) is 29.6. The summed E-state index contributed by atoms with van der Waals surface area (Å²) in [5.41, 5.74) is 3.94. The van der Waals surface area contributed by atoms with Gasteiger partial charge in [0.2, 0.25) is 11.2 Å². The Bertz CT molecular complexity index is 1430. The van der Waals surface area contributed by atoms with Gasteiger partial charge in [-0.25, -0.2) is 9.83 Å². The molecular formula is C30H33BClN3O6. The fourth-order valence-corrected chi connectivity index (χ4v) is 4.42. The second-order valence-corrected chi connectivity index (χ2v) is 11.0. The Labute approximate surface area is 246 Å². The molecule has 0 radical (unpaired) electrons. The molecule has 214 valence electrons. The number of carbonyl (C=O) groups is 1. The maximum Gasteiger partial charge on any atom is 0.494 e. The van der Waals surface area contributed by atoms with Crippen molar-refractivity contribution in [1.29, 1.82) is 0 Å². The van der Waals surface area contributed by atoms with Gasteiger partial charge in [-0.05, 0) is 73.4 Å². The van der Waals surface area contributed by atoms with Gasteiger partial charge in [-0.1, -0.05) is 36.4 Å². The average molecular weight is 578 g/mol. The Kier molecular flexibility index (Phi) is 9.66. The standard InChI is InChI=1S/C30H33BClN3O6/c1-29(2)30(3,4)41-31(40-29)24-9-7-20(17-27(36)37-6)23(15-24)18-38-14-12-21-16-25(33-5)10-8-22(21)19-39-26-11-13-34-28(32)35-26/h7-11,13,15-16H,12,14,17-19H2,1-4,6H3. The Morgan fingerprint density at radius 1 is 1.00 bits per heavy atom. The van der Waals surface area contributed by atoms with Crippen LogP contribution in [0.15, 0.2) is 48.7 Å². The van der Waals surface area contributed by atoms with E-state index in [2.05, 4.69) is 14.8 Å². The quantitative estimate of drug-likeness (QED) is 0.103. The molecule has 0 spiro atoms. The van der Waals surface area contributed by atoms with Gasteiger partial charge in [-0.15, -0.1) is 0 Å². The molecule has 1 aliphatic rings. The number of aromatic nitrogens is 2. The Balaban J connectivity index is 1.45. The molecule has 1 fully saturated rings. The molecule has 1 saturated heterocycles. The van der Waals surface area contributed by atoms with Crippen LogP contribution >= 0.6 is 11.6 Å². The third kappa shape index (κ3) is 7.63. The summed E-state index contributed by atoms with van der Waals surface area (Å²) in [4.78, 5) is 23.5. The van der Waals surface area contributed by atoms with E-state index in [9.17, 15) is 4.79 Å². The van der Waals surface area contributed by atoms with Gasteiger partial charge in [-0.2, -0.15) is 4.98 Å². The van der Waals surface area contributed by atoms with Gasteiger partial charge in [-0.3, -0.25) is 4.79 Å². The predicted molar refractivity (Wildman–Crippen MR) is 155 cm³/mol. The summed E-state index contributed by atoms with van der Waals surface area (Å²) in [6.45, 7) is 16.3. The summed E-state index contributed by atoms with van der Waals surface area (Å²) >= 11 is 5.86. The van der Waals surface area contributed by atoms with E-state index < -0.39 is 18.3 Å². The molecule has 41 heavy (non-hydrogen) atoms. The van der Waals surface area contributed by atoms with Crippen molar-refractivity contribution in [1.82, 2.24) is 9.97 Å². The SMILES string of the molecule is [C-]#[N+]c1ccc(COc2ccnc(Cl)n2)c(CCOCc2cc(B3OC(C)(C)C(C)(C)O3)ccc2CC(=O)OC)c1. The maximum atomic E-state index is 12.1. The first kappa shape index (κ1) is 30.5. The van der Waals surface area contributed by atoms with Crippen molar-refractivity contribution in [2.24, 2.45) is 0 Å². The molecule has 0 bridgehead atoms. The highest BCUT2D eigenvalue weighted by Crippen LogP contribution is 2.36. The first-order valence-electron chi connectivity index (χ1n) is 13.2. The molecule has 0 unspecified atom stereocenters. The number of methoxy groups -OCH3 is 1. The van der Waals surface area contributed by atoms with E-state index in [4.69, 9.17) is 41.7 Å². The van der Waals surface area contributed by atoms with Crippen molar-refractivity contribution in [3.8, 4) is 5.88 Å². The van der Waals surface area contributed by atoms with Crippen LogP contribution in [0.3, 0.4) is 0 Å². The fourth-order valence-electron chi connectivity index (χ4n) is 4.28. The van der Waals surface area contributed by atoms with E-state index in [0.717, 1.165) is 27.7 Å². The second kappa shape index (κ2) is 13.0. The van der Waals surface area contributed by atoms with E-state index in [1.807, 2.05) is 58.0 Å². The smallest absolute Gasteiger partial charge is 0.473 e. The lowest BCUT2D eigenvalue weighted by atomic mass is 9.77. The number of rotatable bonds is 11. The van der Waals surface area contributed by atoms with Gasteiger partial charge >= 0.3 is 13.1 Å². The van der Waals surface area contributed by atoms with Crippen LogP contribution in [-0.2, 0) is 49.6 Å². The predicted octanol–water partition coefficient (Wildman–Crippen LogP) is 5.03. The molecule has 11 heteroatoms. The number of nitrogens with zero attached hydrogens (tertiary/aromatic N) is 3. The molecule has 0 aliphatic carbocycles. The van der Waals surface area contributed by atoms with Crippen molar-refractivity contribution in [2.45, 2.75) is 65.0 Å². The van der Waals surface area contributed by atoms with Crippen molar-refractivity contribution in [3.63, 3.8) is 0 Å². The van der Waals surface area contributed by atoms with Gasteiger partial charge in [0.1, 0.15) is 6.61 Å². The van der Waals surface area contributed by atoms with Crippen LogP contribution in [0.2, 0.25) is 5.28 Å². The van der Waals surface area contributed by atoms with Gasteiger partial charge in [0, 0.05) is 12.3 Å². The summed E-state index contributed by atoms with van der Waals surface area (Å²) < 4.78 is 29.2. The van der Waals surface area contributed by atoms with Gasteiger partial charge in [0.15, 0.2) is 5.69 Å². The third-order valence-electron chi connectivity index (χ3n) is 7.39. The first-order valence-corrected chi connectivity index (χ1v) is 13.6. The average Bonchev–Trinajstić information content (AvgIpc) is 3.17. The van der Waals surface area contributed by atoms with Crippen LogP contribution < -0.4 is 10.2 Å². The van der Waals surface area contributed by atoms with Gasteiger partial charge < -0.3 is 23.5 Å². The lowest BCUT2D eigenvalue weighted by Crippen LogP contribution is -2.41. The van der Waals surface area contributed by atoms with E-state index in [1.165, 1.54) is 13.3 Å². The highest BCUT2D eigenvalue weighted by Gasteiger charge is 2.51. The molecule has 0 amide bonds. The molecule has 2 heterocycles. The van der Waals surface area contributed by atoms with Crippen LogP contribution in [-0.4, -0.2) is 48.0 Å². The lowest BCUT2D eigenvalue weighted by Gasteiger charge is -2.32. The third-order valence-corrected chi connectivity index (χ3v) is 7.57. The van der Waals surface area contributed by atoms with Crippen LogP contribution in [0.1, 0.15) is 49.9 Å². The van der Waals surface area contributed by atoms with Crippen LogP contribution in [0, 0.1) is 6.57 Å². The summed E-state index contributed by atoms with van der Waals surface area (Å²) in [6.07, 6.45) is 2.20. The van der Waals surface area contributed by atoms with Crippen molar-refractivity contribution in [2.75, 3.05) is 13.7 Å². The second-order valence-electron chi connectivity index (χ2n) is 10.7. The molecule has 0 atom stereocenters. The molecular weight excluding hydrogens is 545 g/mol. The Morgan fingerprint density at radius 3 is 2.41 bits per heavy atom. The molecule has 4 rings (SSSR count). The van der Waals surface area contributed by atoms with Crippen molar-refractivity contribution in [3.05, 3.63) is 87.6 Å². The summed E-state index contributed by atoms with van der Waals surface area (Å²) in [6, 6.07) is 12.9. The highest BCUT2D eigenvalue weighted by atomic mass is 35.5. The van der Waals surface area contributed by atoms with E-state index >= 15 is 0 Å². The molecule has 2 aromatic carbocycles. The lowest BCUT2D eigenvalue weighted by molar-refractivity contribution is -0.139. The van der Waals surface area contributed by atoms with Crippen LogP contribution in [0.25, 0.3) is 4.85 Å². The van der Waals surface area contributed by atoms with Crippen LogP contribution in [0.5, 0.6) is 5.88 Å². The maximum absolute atomic E-state index is 12.1.